The van der Waals surface area contributed by atoms with E-state index >= 15 is 0 Å². The predicted octanol–water partition coefficient (Wildman–Crippen LogP) is 2.65. The number of halogens is 2. The fraction of sp³-hybridized carbons (Fsp3) is 0.308. The monoisotopic (exact) mass is 252 g/mol. The van der Waals surface area contributed by atoms with Crippen molar-refractivity contribution in [2.45, 2.75) is 26.0 Å². The van der Waals surface area contributed by atoms with Gasteiger partial charge >= 0.3 is 0 Å². The van der Waals surface area contributed by atoms with Gasteiger partial charge in [0, 0.05) is 17.3 Å². The van der Waals surface area contributed by atoms with Gasteiger partial charge in [-0.2, -0.15) is 5.10 Å². The Bertz CT molecular complexity index is 519. The molecule has 1 unspecified atom stereocenters. The van der Waals surface area contributed by atoms with Gasteiger partial charge in [-0.05, 0) is 18.6 Å². The highest BCUT2D eigenvalue weighted by Gasteiger charge is 2.11. The maximum Gasteiger partial charge on any atom is 0.131 e. The summed E-state index contributed by atoms with van der Waals surface area (Å²) in [7, 11) is 0. The number of nitrogens with zero attached hydrogens (tertiary/aromatic N) is 2. The lowest BCUT2D eigenvalue weighted by Crippen LogP contribution is -2.05. The Hall–Kier alpha value is -1.75. The molecule has 3 nitrogen and oxygen atoms in total. The highest BCUT2D eigenvalue weighted by atomic mass is 19.1. The Balaban J connectivity index is 2.21. The molecule has 18 heavy (non-hydrogen) atoms. The summed E-state index contributed by atoms with van der Waals surface area (Å²) in [6, 6.07) is 3.75. The van der Waals surface area contributed by atoms with Crippen LogP contribution in [0.1, 0.15) is 30.6 Å². The quantitative estimate of drug-likeness (QED) is 0.908. The van der Waals surface area contributed by atoms with Crippen LogP contribution in [-0.2, 0) is 6.54 Å². The molecule has 1 heterocycles. The first kappa shape index (κ1) is 12.7. The zero-order chi connectivity index (χ0) is 13.1. The van der Waals surface area contributed by atoms with Crippen molar-refractivity contribution in [2.24, 2.45) is 0 Å². The number of aliphatic hydroxyl groups excluding tert-OH is 1. The number of hydrogen-bond donors (Lipinski definition) is 1. The van der Waals surface area contributed by atoms with E-state index in [-0.39, 0.29) is 12.1 Å². The molecule has 96 valence electrons. The van der Waals surface area contributed by atoms with Gasteiger partial charge in [0.05, 0.1) is 18.8 Å². The fourth-order valence-corrected chi connectivity index (χ4v) is 1.72. The van der Waals surface area contributed by atoms with Gasteiger partial charge in [0.2, 0.25) is 0 Å². The lowest BCUT2D eigenvalue weighted by molar-refractivity contribution is 0.173. The molecule has 0 saturated heterocycles. The van der Waals surface area contributed by atoms with E-state index in [9.17, 15) is 13.9 Å². The third kappa shape index (κ3) is 2.56. The molecule has 0 spiro atoms. The van der Waals surface area contributed by atoms with Gasteiger partial charge in [0.25, 0.3) is 0 Å². The summed E-state index contributed by atoms with van der Waals surface area (Å²) in [4.78, 5) is 0. The van der Waals surface area contributed by atoms with Crippen LogP contribution in [0.3, 0.4) is 0 Å². The van der Waals surface area contributed by atoms with E-state index in [1.54, 1.807) is 6.20 Å². The fourth-order valence-electron chi connectivity index (χ4n) is 1.72. The summed E-state index contributed by atoms with van der Waals surface area (Å²) < 4.78 is 28.3. The molecule has 1 aromatic carbocycles. The Labute approximate surface area is 104 Å². The highest BCUT2D eigenvalue weighted by molar-refractivity contribution is 5.20. The Morgan fingerprint density at radius 3 is 2.61 bits per heavy atom. The molecule has 1 aromatic heterocycles. The Morgan fingerprint density at radius 2 is 2.00 bits per heavy atom. The molecule has 2 aromatic rings. The molecule has 0 bridgehead atoms. The van der Waals surface area contributed by atoms with Crippen LogP contribution in [0.2, 0.25) is 0 Å². The maximum atomic E-state index is 13.4. The summed E-state index contributed by atoms with van der Waals surface area (Å²) in [5.41, 5.74) is 0.618. The van der Waals surface area contributed by atoms with Crippen LogP contribution in [0, 0.1) is 11.6 Å². The van der Waals surface area contributed by atoms with E-state index in [0.717, 1.165) is 0 Å². The molecule has 0 saturated carbocycles. The van der Waals surface area contributed by atoms with Crippen molar-refractivity contribution in [3.05, 3.63) is 53.4 Å². The maximum absolute atomic E-state index is 13.4. The molecule has 5 heteroatoms. The SMILES string of the molecule is CCC(O)c1cnn(Cc2c(F)cccc2F)c1. The van der Waals surface area contributed by atoms with Gasteiger partial charge in [-0.3, -0.25) is 4.68 Å². The molecule has 0 aliphatic heterocycles. The molecule has 0 fully saturated rings. The van der Waals surface area contributed by atoms with Crippen LogP contribution in [-0.4, -0.2) is 14.9 Å². The summed E-state index contributed by atoms with van der Waals surface area (Å²) in [6.07, 6.45) is 3.08. The average molecular weight is 252 g/mol. The second-order valence-corrected chi connectivity index (χ2v) is 4.10. The topological polar surface area (TPSA) is 38.1 Å². The molecule has 0 amide bonds. The molecule has 1 N–H and O–H groups in total. The summed E-state index contributed by atoms with van der Waals surface area (Å²) >= 11 is 0. The van der Waals surface area contributed by atoms with E-state index in [0.29, 0.717) is 12.0 Å². The van der Waals surface area contributed by atoms with E-state index in [1.165, 1.54) is 29.1 Å². The second-order valence-electron chi connectivity index (χ2n) is 4.10. The van der Waals surface area contributed by atoms with E-state index < -0.39 is 17.7 Å². The van der Waals surface area contributed by atoms with Gasteiger partial charge < -0.3 is 5.11 Å². The normalized spacial score (nSPS) is 12.7. The minimum atomic E-state index is -0.594. The lowest BCUT2D eigenvalue weighted by atomic mass is 10.1. The van der Waals surface area contributed by atoms with E-state index in [1.807, 2.05) is 6.92 Å². The first-order chi connectivity index (χ1) is 8.61. The van der Waals surface area contributed by atoms with Gasteiger partial charge in [0.15, 0.2) is 0 Å². The standard InChI is InChI=1S/C13H14F2N2O/c1-2-13(18)9-6-16-17(7-9)8-10-11(14)4-3-5-12(10)15/h3-7,13,18H,2,8H2,1H3. The highest BCUT2D eigenvalue weighted by Crippen LogP contribution is 2.17. The van der Waals surface area contributed by atoms with Gasteiger partial charge in [-0.15, -0.1) is 0 Å². The van der Waals surface area contributed by atoms with Crippen LogP contribution in [0.5, 0.6) is 0 Å². The first-order valence-electron chi connectivity index (χ1n) is 5.75. The van der Waals surface area contributed by atoms with Crippen LogP contribution in [0.15, 0.2) is 30.6 Å². The molecular weight excluding hydrogens is 238 g/mol. The number of hydrogen-bond acceptors (Lipinski definition) is 2. The molecule has 1 atom stereocenters. The third-order valence-corrected chi connectivity index (χ3v) is 2.81. The lowest BCUT2D eigenvalue weighted by Gasteiger charge is -2.05. The summed E-state index contributed by atoms with van der Waals surface area (Å²) in [6.45, 7) is 1.85. The predicted molar refractivity (Wildman–Crippen MR) is 62.9 cm³/mol. The van der Waals surface area contributed by atoms with Crippen molar-refractivity contribution in [1.82, 2.24) is 9.78 Å². The third-order valence-electron chi connectivity index (χ3n) is 2.81. The minimum absolute atomic E-state index is 0.00887. The number of rotatable bonds is 4. The minimum Gasteiger partial charge on any atom is -0.388 e. The number of aliphatic hydroxyl groups is 1. The van der Waals surface area contributed by atoms with Crippen LogP contribution in [0.4, 0.5) is 8.78 Å². The van der Waals surface area contributed by atoms with Crippen molar-refractivity contribution in [1.29, 1.82) is 0 Å². The van der Waals surface area contributed by atoms with Crippen molar-refractivity contribution >= 4 is 0 Å². The van der Waals surface area contributed by atoms with Crippen LogP contribution >= 0.6 is 0 Å². The van der Waals surface area contributed by atoms with Crippen molar-refractivity contribution in [2.75, 3.05) is 0 Å². The summed E-state index contributed by atoms with van der Waals surface area (Å²) in [5.74, 6) is -1.19. The second kappa shape index (κ2) is 5.27. The van der Waals surface area contributed by atoms with Gasteiger partial charge in [-0.25, -0.2) is 8.78 Å². The Kier molecular flexibility index (Phi) is 3.72. The smallest absolute Gasteiger partial charge is 0.131 e. The van der Waals surface area contributed by atoms with E-state index in [4.69, 9.17) is 0 Å². The molecule has 0 radical (unpaired) electrons. The van der Waals surface area contributed by atoms with Crippen molar-refractivity contribution in [3.8, 4) is 0 Å². The van der Waals surface area contributed by atoms with E-state index in [2.05, 4.69) is 5.10 Å². The summed E-state index contributed by atoms with van der Waals surface area (Å²) in [5, 5.41) is 13.6. The zero-order valence-electron chi connectivity index (χ0n) is 9.98. The zero-order valence-corrected chi connectivity index (χ0v) is 9.98. The number of benzene rings is 1. The van der Waals surface area contributed by atoms with Crippen LogP contribution < -0.4 is 0 Å². The molecular formula is C13H14F2N2O. The van der Waals surface area contributed by atoms with Crippen LogP contribution in [0.25, 0.3) is 0 Å². The molecule has 2 rings (SSSR count). The Morgan fingerprint density at radius 1 is 1.33 bits per heavy atom. The molecule has 0 aliphatic carbocycles. The average Bonchev–Trinajstić information content (AvgIpc) is 2.81. The largest absolute Gasteiger partial charge is 0.388 e. The van der Waals surface area contributed by atoms with Crippen molar-refractivity contribution in [3.63, 3.8) is 0 Å². The number of aromatic nitrogens is 2. The molecule has 0 aliphatic rings. The van der Waals surface area contributed by atoms with Gasteiger partial charge in [0.1, 0.15) is 11.6 Å². The first-order valence-corrected chi connectivity index (χ1v) is 5.75. The van der Waals surface area contributed by atoms with Crippen molar-refractivity contribution < 1.29 is 13.9 Å². The van der Waals surface area contributed by atoms with Gasteiger partial charge in [-0.1, -0.05) is 13.0 Å².